The van der Waals surface area contributed by atoms with Gasteiger partial charge in [-0.05, 0) is 40.8 Å². The van der Waals surface area contributed by atoms with Crippen LogP contribution in [0.2, 0.25) is 0 Å². The summed E-state index contributed by atoms with van der Waals surface area (Å²) in [5.74, 6) is 0.661. The lowest BCUT2D eigenvalue weighted by Crippen LogP contribution is -2.35. The lowest BCUT2D eigenvalue weighted by molar-refractivity contribution is 0.619. The summed E-state index contributed by atoms with van der Waals surface area (Å²) >= 11 is 3.25. The molecule has 0 bridgehead atoms. The number of hydrogen-bond acceptors (Lipinski definition) is 2. The highest BCUT2D eigenvalue weighted by molar-refractivity contribution is 9.10. The van der Waals surface area contributed by atoms with Crippen LogP contribution in [0.25, 0.3) is 0 Å². The highest BCUT2D eigenvalue weighted by Gasteiger charge is 2.27. The first kappa shape index (κ1) is 10.4. The molecule has 1 N–H and O–H groups in total. The topological polar surface area (TPSA) is 15.3 Å². The van der Waals surface area contributed by atoms with Gasteiger partial charge in [0.15, 0.2) is 0 Å². The average molecular weight is 285 g/mol. The van der Waals surface area contributed by atoms with Gasteiger partial charge in [-0.2, -0.15) is 0 Å². The lowest BCUT2D eigenvalue weighted by atomic mass is 10.2. The Kier molecular flexibility index (Phi) is 2.54. The van der Waals surface area contributed by atoms with Crippen LogP contribution in [-0.2, 0) is 0 Å². The second kappa shape index (κ2) is 3.91. The number of fused-ring (bicyclic) bond motifs is 1. The molecule has 1 saturated carbocycles. The van der Waals surface area contributed by atoms with Gasteiger partial charge in [0, 0.05) is 25.7 Å². The predicted octanol–water partition coefficient (Wildman–Crippen LogP) is 3.23. The number of nitrogens with zero attached hydrogens (tertiary/aromatic N) is 1. The van der Waals surface area contributed by atoms with Gasteiger partial charge in [-0.25, -0.2) is 4.39 Å². The van der Waals surface area contributed by atoms with Crippen LogP contribution in [0.1, 0.15) is 12.8 Å². The Labute approximate surface area is 103 Å². The highest BCUT2D eigenvalue weighted by atomic mass is 79.9. The van der Waals surface area contributed by atoms with Gasteiger partial charge in [0.1, 0.15) is 5.82 Å². The fourth-order valence-electron chi connectivity index (χ4n) is 2.19. The minimum atomic E-state index is -0.195. The molecule has 1 aromatic rings. The molecule has 0 aromatic heterocycles. The first-order valence-corrected chi connectivity index (χ1v) is 6.51. The molecule has 0 atom stereocenters. The zero-order valence-corrected chi connectivity index (χ0v) is 10.6. The quantitative estimate of drug-likeness (QED) is 0.897. The van der Waals surface area contributed by atoms with Crippen molar-refractivity contribution in [3.63, 3.8) is 0 Å². The average Bonchev–Trinajstić information content (AvgIpc) is 3.05. The summed E-state index contributed by atoms with van der Waals surface area (Å²) in [5, 5.41) is 3.25. The second-order valence-electron chi connectivity index (χ2n) is 4.60. The number of rotatable bonds is 2. The highest BCUT2D eigenvalue weighted by Crippen LogP contribution is 2.37. The van der Waals surface area contributed by atoms with Crippen molar-refractivity contribution in [1.82, 2.24) is 0 Å². The Hall–Kier alpha value is -0.770. The van der Waals surface area contributed by atoms with E-state index < -0.39 is 0 Å². The smallest absolute Gasteiger partial charge is 0.139 e. The van der Waals surface area contributed by atoms with Gasteiger partial charge in [0.05, 0.1) is 15.8 Å². The van der Waals surface area contributed by atoms with Crippen LogP contribution in [0.15, 0.2) is 16.6 Å². The predicted molar refractivity (Wildman–Crippen MR) is 67.5 cm³/mol. The third kappa shape index (κ3) is 1.90. The van der Waals surface area contributed by atoms with Crippen molar-refractivity contribution in [3.8, 4) is 0 Å². The molecular formula is C12H14BrFN2. The molecule has 0 unspecified atom stereocenters. The Bertz CT molecular complexity index is 418. The van der Waals surface area contributed by atoms with E-state index >= 15 is 0 Å². The van der Waals surface area contributed by atoms with E-state index in [1.54, 1.807) is 6.07 Å². The van der Waals surface area contributed by atoms with E-state index in [9.17, 15) is 4.39 Å². The van der Waals surface area contributed by atoms with Crippen LogP contribution in [0, 0.1) is 11.7 Å². The standard InChI is InChI=1S/C12H14BrFN2/c13-9-5-12-11(6-10(9)14)15-3-4-16(12)7-8-1-2-8/h5-6,8,15H,1-4,7H2. The summed E-state index contributed by atoms with van der Waals surface area (Å²) in [6.07, 6.45) is 2.70. The molecule has 1 aliphatic heterocycles. The van der Waals surface area contributed by atoms with E-state index in [2.05, 4.69) is 26.1 Å². The largest absolute Gasteiger partial charge is 0.382 e. The van der Waals surface area contributed by atoms with Crippen molar-refractivity contribution >= 4 is 27.3 Å². The lowest BCUT2D eigenvalue weighted by Gasteiger charge is -2.32. The van der Waals surface area contributed by atoms with Gasteiger partial charge >= 0.3 is 0 Å². The van der Waals surface area contributed by atoms with Crippen LogP contribution < -0.4 is 10.2 Å². The molecule has 86 valence electrons. The second-order valence-corrected chi connectivity index (χ2v) is 5.45. The SMILES string of the molecule is Fc1cc2c(cc1Br)N(CC1CC1)CCN2. The van der Waals surface area contributed by atoms with Crippen LogP contribution >= 0.6 is 15.9 Å². The van der Waals surface area contributed by atoms with Crippen molar-refractivity contribution in [2.24, 2.45) is 5.92 Å². The molecule has 0 radical (unpaired) electrons. The molecule has 0 amide bonds. The minimum Gasteiger partial charge on any atom is -0.382 e. The number of hydrogen-bond donors (Lipinski definition) is 1. The molecule has 2 nitrogen and oxygen atoms in total. The molecule has 1 fully saturated rings. The molecule has 0 spiro atoms. The molecule has 2 aliphatic rings. The number of anilines is 2. The minimum absolute atomic E-state index is 0.195. The monoisotopic (exact) mass is 284 g/mol. The molecular weight excluding hydrogens is 271 g/mol. The van der Waals surface area contributed by atoms with Crippen molar-refractivity contribution in [2.75, 3.05) is 29.9 Å². The summed E-state index contributed by atoms with van der Waals surface area (Å²) < 4.78 is 14.0. The van der Waals surface area contributed by atoms with E-state index in [1.807, 2.05) is 6.07 Å². The third-order valence-corrected chi connectivity index (χ3v) is 3.86. The maximum Gasteiger partial charge on any atom is 0.139 e. The van der Waals surface area contributed by atoms with Crippen molar-refractivity contribution in [1.29, 1.82) is 0 Å². The Morgan fingerprint density at radius 1 is 1.44 bits per heavy atom. The summed E-state index contributed by atoms with van der Waals surface area (Å²) in [6, 6.07) is 3.47. The van der Waals surface area contributed by atoms with E-state index in [0.717, 1.165) is 36.9 Å². The van der Waals surface area contributed by atoms with Crippen LogP contribution in [-0.4, -0.2) is 19.6 Å². The molecule has 4 heteroatoms. The molecule has 1 heterocycles. The first-order chi connectivity index (χ1) is 7.74. The number of halogens is 2. The van der Waals surface area contributed by atoms with Crippen LogP contribution in [0.4, 0.5) is 15.8 Å². The van der Waals surface area contributed by atoms with E-state index in [4.69, 9.17) is 0 Å². The maximum absolute atomic E-state index is 13.4. The molecule has 16 heavy (non-hydrogen) atoms. The van der Waals surface area contributed by atoms with Gasteiger partial charge in [-0.3, -0.25) is 0 Å². The van der Waals surface area contributed by atoms with Crippen LogP contribution in [0.5, 0.6) is 0 Å². The van der Waals surface area contributed by atoms with Gasteiger partial charge in [-0.15, -0.1) is 0 Å². The van der Waals surface area contributed by atoms with Gasteiger partial charge in [0.2, 0.25) is 0 Å². The van der Waals surface area contributed by atoms with E-state index in [1.165, 1.54) is 12.8 Å². The summed E-state index contributed by atoms with van der Waals surface area (Å²) in [4.78, 5) is 2.37. The maximum atomic E-state index is 13.4. The zero-order valence-electron chi connectivity index (χ0n) is 8.97. The number of benzene rings is 1. The van der Waals surface area contributed by atoms with Crippen LogP contribution in [0.3, 0.4) is 0 Å². The Morgan fingerprint density at radius 2 is 2.25 bits per heavy atom. The van der Waals surface area contributed by atoms with Crippen molar-refractivity contribution < 1.29 is 4.39 Å². The van der Waals surface area contributed by atoms with Gasteiger partial charge in [-0.1, -0.05) is 0 Å². The molecule has 1 aromatic carbocycles. The van der Waals surface area contributed by atoms with Gasteiger partial charge < -0.3 is 10.2 Å². The Morgan fingerprint density at radius 3 is 3.00 bits per heavy atom. The van der Waals surface area contributed by atoms with Crippen molar-refractivity contribution in [3.05, 3.63) is 22.4 Å². The zero-order chi connectivity index (χ0) is 11.1. The summed E-state index contributed by atoms with van der Waals surface area (Å²) in [5.41, 5.74) is 2.05. The Balaban J connectivity index is 1.93. The fourth-order valence-corrected chi connectivity index (χ4v) is 2.52. The van der Waals surface area contributed by atoms with E-state index in [0.29, 0.717) is 4.47 Å². The van der Waals surface area contributed by atoms with Crippen molar-refractivity contribution in [2.45, 2.75) is 12.8 Å². The number of nitrogens with one attached hydrogen (secondary N) is 1. The normalized spacial score (nSPS) is 19.2. The molecule has 3 rings (SSSR count). The van der Waals surface area contributed by atoms with E-state index in [-0.39, 0.29) is 5.82 Å². The molecule has 0 saturated heterocycles. The third-order valence-electron chi connectivity index (χ3n) is 3.25. The summed E-state index contributed by atoms with van der Waals surface area (Å²) in [7, 11) is 0. The fraction of sp³-hybridized carbons (Fsp3) is 0.500. The van der Waals surface area contributed by atoms with Gasteiger partial charge in [0.25, 0.3) is 0 Å². The first-order valence-electron chi connectivity index (χ1n) is 5.72. The molecule has 1 aliphatic carbocycles. The summed E-state index contributed by atoms with van der Waals surface area (Å²) in [6.45, 7) is 3.04.